The lowest BCUT2D eigenvalue weighted by Gasteiger charge is -2.14. The van der Waals surface area contributed by atoms with Gasteiger partial charge in [-0.15, -0.1) is 0 Å². The molecule has 2 aromatic carbocycles. The van der Waals surface area contributed by atoms with Gasteiger partial charge in [-0.05, 0) is 36.8 Å². The van der Waals surface area contributed by atoms with E-state index < -0.39 is 22.9 Å². The first-order valence-electron chi connectivity index (χ1n) is 7.87. The first kappa shape index (κ1) is 20.4. The molecule has 1 N–H and O–H groups in total. The predicted molar refractivity (Wildman–Crippen MR) is 102 cm³/mol. The fraction of sp³-hybridized carbons (Fsp3) is 0.222. The number of rotatable bonds is 7. The number of benzene rings is 2. The minimum absolute atomic E-state index is 0.00752. The minimum Gasteiger partial charge on any atom is -0.496 e. The fourth-order valence-corrected chi connectivity index (χ4v) is 2.46. The third-order valence-electron chi connectivity index (χ3n) is 3.60. The van der Waals surface area contributed by atoms with Crippen LogP contribution in [0.25, 0.3) is 0 Å². The van der Waals surface area contributed by atoms with Gasteiger partial charge in [0.2, 0.25) is 0 Å². The second-order valence-electron chi connectivity index (χ2n) is 5.56. The summed E-state index contributed by atoms with van der Waals surface area (Å²) in [4.78, 5) is 34.7. The van der Waals surface area contributed by atoms with Crippen molar-refractivity contribution in [3.8, 4) is 5.75 Å². The van der Waals surface area contributed by atoms with Crippen molar-refractivity contribution in [3.05, 3.63) is 62.6 Å². The number of hydrogen-bond donors (Lipinski definition) is 1. The van der Waals surface area contributed by atoms with E-state index in [0.29, 0.717) is 0 Å². The Morgan fingerprint density at radius 2 is 1.89 bits per heavy atom. The van der Waals surface area contributed by atoms with E-state index in [9.17, 15) is 19.7 Å². The number of nitro benzene ring substituents is 1. The van der Waals surface area contributed by atoms with Gasteiger partial charge >= 0.3 is 5.97 Å². The standard InChI is InChI=1S/C18H17BrN2O6/c1-11(27-17(22)9-12-3-5-13(19)6-4-12)18(23)20-15-8-7-14(26-2)10-16(15)21(24)25/h3-8,10-11H,9H2,1-2H3,(H,20,23). The number of anilines is 1. The van der Waals surface area contributed by atoms with Crippen LogP contribution in [0.4, 0.5) is 11.4 Å². The molecule has 2 rings (SSSR count). The van der Waals surface area contributed by atoms with E-state index in [1.807, 2.05) is 0 Å². The average molecular weight is 437 g/mol. The van der Waals surface area contributed by atoms with E-state index >= 15 is 0 Å². The van der Waals surface area contributed by atoms with Gasteiger partial charge in [0.05, 0.1) is 24.5 Å². The fourth-order valence-electron chi connectivity index (χ4n) is 2.19. The summed E-state index contributed by atoms with van der Waals surface area (Å²) in [6, 6.07) is 11.1. The Morgan fingerprint density at radius 3 is 2.48 bits per heavy atom. The molecular formula is C18H17BrN2O6. The molecule has 0 aliphatic heterocycles. The summed E-state index contributed by atoms with van der Waals surface area (Å²) in [5.41, 5.74) is 0.402. The number of hydrogen-bond acceptors (Lipinski definition) is 6. The van der Waals surface area contributed by atoms with Gasteiger partial charge in [-0.2, -0.15) is 0 Å². The van der Waals surface area contributed by atoms with Crippen LogP contribution in [0.3, 0.4) is 0 Å². The molecule has 1 atom stereocenters. The van der Waals surface area contributed by atoms with Crippen molar-refractivity contribution in [1.82, 2.24) is 0 Å². The van der Waals surface area contributed by atoms with Crippen molar-refractivity contribution >= 4 is 39.2 Å². The van der Waals surface area contributed by atoms with Crippen LogP contribution in [0.15, 0.2) is 46.9 Å². The molecule has 1 unspecified atom stereocenters. The summed E-state index contributed by atoms with van der Waals surface area (Å²) < 4.78 is 10.9. The second-order valence-corrected chi connectivity index (χ2v) is 6.48. The molecule has 0 bridgehead atoms. The first-order valence-corrected chi connectivity index (χ1v) is 8.66. The number of carbonyl (C=O) groups excluding carboxylic acids is 2. The molecule has 142 valence electrons. The van der Waals surface area contributed by atoms with Crippen LogP contribution >= 0.6 is 15.9 Å². The molecule has 27 heavy (non-hydrogen) atoms. The van der Waals surface area contributed by atoms with Gasteiger partial charge in [-0.3, -0.25) is 19.7 Å². The lowest BCUT2D eigenvalue weighted by Crippen LogP contribution is -2.30. The van der Waals surface area contributed by atoms with Gasteiger partial charge in [0.15, 0.2) is 6.10 Å². The highest BCUT2D eigenvalue weighted by Gasteiger charge is 2.22. The maximum absolute atomic E-state index is 12.2. The van der Waals surface area contributed by atoms with E-state index in [4.69, 9.17) is 9.47 Å². The molecule has 0 spiro atoms. The smallest absolute Gasteiger partial charge is 0.311 e. The maximum atomic E-state index is 12.2. The van der Waals surface area contributed by atoms with Gasteiger partial charge in [-0.25, -0.2) is 0 Å². The topological polar surface area (TPSA) is 108 Å². The number of amides is 1. The molecule has 8 nitrogen and oxygen atoms in total. The monoisotopic (exact) mass is 436 g/mol. The van der Waals surface area contributed by atoms with Crippen molar-refractivity contribution in [3.63, 3.8) is 0 Å². The van der Waals surface area contributed by atoms with Gasteiger partial charge in [-0.1, -0.05) is 28.1 Å². The van der Waals surface area contributed by atoms with Crippen molar-refractivity contribution in [2.45, 2.75) is 19.4 Å². The van der Waals surface area contributed by atoms with Crippen molar-refractivity contribution in [2.24, 2.45) is 0 Å². The zero-order valence-electron chi connectivity index (χ0n) is 14.6. The molecule has 0 radical (unpaired) electrons. The zero-order chi connectivity index (χ0) is 20.0. The maximum Gasteiger partial charge on any atom is 0.311 e. The normalized spacial score (nSPS) is 11.4. The van der Waals surface area contributed by atoms with Crippen LogP contribution in [0.5, 0.6) is 5.75 Å². The van der Waals surface area contributed by atoms with E-state index in [2.05, 4.69) is 21.2 Å². The summed E-state index contributed by atoms with van der Waals surface area (Å²) in [7, 11) is 1.38. The molecule has 0 aliphatic carbocycles. The predicted octanol–water partition coefficient (Wildman–Crippen LogP) is 3.48. The van der Waals surface area contributed by atoms with Crippen LogP contribution in [0.1, 0.15) is 12.5 Å². The third kappa shape index (κ3) is 5.78. The van der Waals surface area contributed by atoms with Crippen LogP contribution in [-0.2, 0) is 20.7 Å². The Balaban J connectivity index is 2.00. The van der Waals surface area contributed by atoms with Crippen LogP contribution in [0.2, 0.25) is 0 Å². The quantitative estimate of drug-likeness (QED) is 0.404. The molecule has 2 aromatic rings. The Bertz CT molecular complexity index is 853. The molecule has 0 saturated carbocycles. The van der Waals surface area contributed by atoms with Gasteiger partial charge < -0.3 is 14.8 Å². The van der Waals surface area contributed by atoms with Gasteiger partial charge in [0.1, 0.15) is 11.4 Å². The number of methoxy groups -OCH3 is 1. The number of halogens is 1. The molecule has 0 fully saturated rings. The molecule has 0 aliphatic rings. The molecule has 1 amide bonds. The zero-order valence-corrected chi connectivity index (χ0v) is 16.2. The molecule has 9 heteroatoms. The van der Waals surface area contributed by atoms with Gasteiger partial charge in [0, 0.05) is 4.47 Å². The number of nitro groups is 1. The molecule has 0 heterocycles. The Kier molecular flexibility index (Phi) is 6.89. The number of ether oxygens (including phenoxy) is 2. The third-order valence-corrected chi connectivity index (χ3v) is 4.13. The lowest BCUT2D eigenvalue weighted by atomic mass is 10.1. The largest absolute Gasteiger partial charge is 0.496 e. The number of nitrogens with one attached hydrogen (secondary N) is 1. The highest BCUT2D eigenvalue weighted by Crippen LogP contribution is 2.29. The van der Waals surface area contributed by atoms with Crippen LogP contribution in [0, 0.1) is 10.1 Å². The molecular weight excluding hydrogens is 420 g/mol. The Labute approximate surface area is 163 Å². The second kappa shape index (κ2) is 9.13. The Morgan fingerprint density at radius 1 is 1.22 bits per heavy atom. The van der Waals surface area contributed by atoms with Crippen molar-refractivity contribution in [1.29, 1.82) is 0 Å². The van der Waals surface area contributed by atoms with E-state index in [0.717, 1.165) is 10.0 Å². The SMILES string of the molecule is COc1ccc(NC(=O)C(C)OC(=O)Cc2ccc(Br)cc2)c([N+](=O)[O-])c1. The summed E-state index contributed by atoms with van der Waals surface area (Å²) in [6.07, 6.45) is -1.11. The van der Waals surface area contributed by atoms with Crippen LogP contribution < -0.4 is 10.1 Å². The lowest BCUT2D eigenvalue weighted by molar-refractivity contribution is -0.384. The summed E-state index contributed by atoms with van der Waals surface area (Å²) >= 11 is 3.30. The van der Waals surface area contributed by atoms with E-state index in [1.54, 1.807) is 24.3 Å². The number of esters is 1. The molecule has 0 aromatic heterocycles. The summed E-state index contributed by atoms with van der Waals surface area (Å²) in [5, 5.41) is 13.6. The average Bonchev–Trinajstić information content (AvgIpc) is 2.63. The van der Waals surface area contributed by atoms with Crippen LogP contribution in [-0.4, -0.2) is 30.0 Å². The summed E-state index contributed by atoms with van der Waals surface area (Å²) in [5.74, 6) is -0.967. The molecule has 0 saturated heterocycles. The number of nitrogens with zero attached hydrogens (tertiary/aromatic N) is 1. The summed E-state index contributed by atoms with van der Waals surface area (Å²) in [6.45, 7) is 1.39. The van der Waals surface area contributed by atoms with E-state index in [-0.39, 0.29) is 23.5 Å². The highest BCUT2D eigenvalue weighted by molar-refractivity contribution is 9.10. The first-order chi connectivity index (χ1) is 12.8. The number of carbonyl (C=O) groups is 2. The van der Waals surface area contributed by atoms with Crippen molar-refractivity contribution < 1.29 is 24.0 Å². The van der Waals surface area contributed by atoms with Crippen molar-refractivity contribution in [2.75, 3.05) is 12.4 Å². The Hall–Kier alpha value is -2.94. The highest BCUT2D eigenvalue weighted by atomic mass is 79.9. The van der Waals surface area contributed by atoms with E-state index in [1.165, 1.54) is 32.2 Å². The minimum atomic E-state index is -1.12. The van der Waals surface area contributed by atoms with Gasteiger partial charge in [0.25, 0.3) is 11.6 Å².